The number of hydrogen-bond donors (Lipinski definition) is 1. The number of ketones is 1. The Kier molecular flexibility index (Phi) is 4.10. The molecule has 3 aromatic rings. The molecule has 0 saturated carbocycles. The number of carbonyl (C=O) groups excluding carboxylic acids is 1. The van der Waals surface area contributed by atoms with E-state index >= 15 is 0 Å². The molecule has 0 fully saturated rings. The molecule has 5 heteroatoms. The van der Waals surface area contributed by atoms with Crippen LogP contribution in [0, 0.1) is 11.6 Å². The highest BCUT2D eigenvalue weighted by Gasteiger charge is 2.07. The van der Waals surface area contributed by atoms with Crippen LogP contribution < -0.4 is 0 Å². The average molecular weight is 310 g/mol. The maximum absolute atomic E-state index is 13.2. The molecule has 0 saturated heterocycles. The Bertz CT molecular complexity index is 870. The van der Waals surface area contributed by atoms with Gasteiger partial charge in [0.05, 0.1) is 11.4 Å². The Hall–Kier alpha value is -3.08. The van der Waals surface area contributed by atoms with E-state index in [0.717, 1.165) is 12.1 Å². The highest BCUT2D eigenvalue weighted by Crippen LogP contribution is 2.20. The van der Waals surface area contributed by atoms with Gasteiger partial charge in [-0.15, -0.1) is 0 Å². The van der Waals surface area contributed by atoms with Gasteiger partial charge in [-0.25, -0.2) is 8.78 Å². The first-order valence-corrected chi connectivity index (χ1v) is 6.92. The van der Waals surface area contributed by atoms with Crippen LogP contribution in [0.25, 0.3) is 17.3 Å². The summed E-state index contributed by atoms with van der Waals surface area (Å²) in [5, 5.41) is 6.77. The second-order valence-corrected chi connectivity index (χ2v) is 4.90. The van der Waals surface area contributed by atoms with E-state index in [1.54, 1.807) is 36.4 Å². The van der Waals surface area contributed by atoms with Crippen molar-refractivity contribution < 1.29 is 13.6 Å². The lowest BCUT2D eigenvalue weighted by atomic mass is 10.1. The molecule has 1 N–H and O–H groups in total. The zero-order valence-electron chi connectivity index (χ0n) is 12.0. The maximum Gasteiger partial charge on any atom is 0.185 e. The van der Waals surface area contributed by atoms with Crippen LogP contribution in [-0.2, 0) is 0 Å². The molecule has 0 radical (unpaired) electrons. The van der Waals surface area contributed by atoms with Crippen molar-refractivity contribution in [3.05, 3.63) is 83.6 Å². The van der Waals surface area contributed by atoms with Gasteiger partial charge in [-0.3, -0.25) is 9.89 Å². The molecular weight excluding hydrogens is 298 g/mol. The quantitative estimate of drug-likeness (QED) is 0.578. The first-order chi connectivity index (χ1) is 11.1. The van der Waals surface area contributed by atoms with Crippen molar-refractivity contribution in [2.24, 2.45) is 0 Å². The number of nitrogens with one attached hydrogen (secondary N) is 1. The van der Waals surface area contributed by atoms with Crippen LogP contribution in [0.15, 0.2) is 60.7 Å². The summed E-state index contributed by atoms with van der Waals surface area (Å²) in [4.78, 5) is 12.0. The number of carbonyl (C=O) groups is 1. The predicted molar refractivity (Wildman–Crippen MR) is 83.7 cm³/mol. The standard InChI is InChI=1S/C18H12F2N2O/c19-15-8-6-13(10-16(15)20)17-11-14(21-22-17)7-9-18(23)12-4-2-1-3-5-12/h1-11H,(H,21,22)/b9-7+. The van der Waals surface area contributed by atoms with Crippen molar-refractivity contribution in [3.8, 4) is 11.3 Å². The Balaban J connectivity index is 1.78. The normalized spacial score (nSPS) is 11.0. The van der Waals surface area contributed by atoms with E-state index in [-0.39, 0.29) is 5.78 Å². The Morgan fingerprint density at radius 3 is 2.52 bits per heavy atom. The molecule has 0 spiro atoms. The summed E-state index contributed by atoms with van der Waals surface area (Å²) in [5.74, 6) is -1.96. The van der Waals surface area contributed by atoms with Gasteiger partial charge in [0.2, 0.25) is 0 Å². The van der Waals surface area contributed by atoms with E-state index in [9.17, 15) is 13.6 Å². The minimum Gasteiger partial charge on any atom is -0.289 e. The summed E-state index contributed by atoms with van der Waals surface area (Å²) in [6, 6.07) is 14.1. The van der Waals surface area contributed by atoms with E-state index < -0.39 is 11.6 Å². The molecule has 0 bridgehead atoms. The lowest BCUT2D eigenvalue weighted by Crippen LogP contribution is -1.92. The van der Waals surface area contributed by atoms with Gasteiger partial charge >= 0.3 is 0 Å². The van der Waals surface area contributed by atoms with E-state index in [1.165, 1.54) is 12.1 Å². The molecule has 0 unspecified atom stereocenters. The number of aromatic nitrogens is 2. The number of nitrogens with zero attached hydrogens (tertiary/aromatic N) is 1. The number of allylic oxidation sites excluding steroid dienone is 1. The second kappa shape index (κ2) is 6.36. The third-order valence-corrected chi connectivity index (χ3v) is 3.29. The van der Waals surface area contributed by atoms with Gasteiger partial charge in [0, 0.05) is 11.1 Å². The average Bonchev–Trinajstić information content (AvgIpc) is 3.05. The fraction of sp³-hybridized carbons (Fsp3) is 0. The third kappa shape index (κ3) is 3.40. The topological polar surface area (TPSA) is 45.8 Å². The molecule has 0 atom stereocenters. The van der Waals surface area contributed by atoms with Crippen molar-refractivity contribution in [2.45, 2.75) is 0 Å². The Morgan fingerprint density at radius 2 is 1.78 bits per heavy atom. The molecule has 0 aliphatic rings. The van der Waals surface area contributed by atoms with Gasteiger partial charge in [0.1, 0.15) is 0 Å². The number of rotatable bonds is 4. The largest absolute Gasteiger partial charge is 0.289 e. The minimum absolute atomic E-state index is 0.130. The Morgan fingerprint density at radius 1 is 1.00 bits per heavy atom. The summed E-state index contributed by atoms with van der Waals surface area (Å²) in [6.45, 7) is 0. The number of aromatic amines is 1. The monoisotopic (exact) mass is 310 g/mol. The van der Waals surface area contributed by atoms with Crippen LogP contribution in [0.2, 0.25) is 0 Å². The third-order valence-electron chi connectivity index (χ3n) is 3.29. The molecule has 0 aliphatic carbocycles. The molecule has 0 aliphatic heterocycles. The van der Waals surface area contributed by atoms with Gasteiger partial charge in [-0.05, 0) is 36.4 Å². The lowest BCUT2D eigenvalue weighted by molar-refractivity contribution is 0.104. The number of hydrogen-bond acceptors (Lipinski definition) is 2. The number of benzene rings is 2. The van der Waals surface area contributed by atoms with Crippen LogP contribution in [0.5, 0.6) is 0 Å². The van der Waals surface area contributed by atoms with Crippen LogP contribution >= 0.6 is 0 Å². The van der Waals surface area contributed by atoms with E-state index in [2.05, 4.69) is 10.2 Å². The van der Waals surface area contributed by atoms with Crippen LogP contribution in [-0.4, -0.2) is 16.0 Å². The van der Waals surface area contributed by atoms with Gasteiger partial charge in [-0.1, -0.05) is 30.3 Å². The van der Waals surface area contributed by atoms with Crippen molar-refractivity contribution in [3.63, 3.8) is 0 Å². The summed E-state index contributed by atoms with van der Waals surface area (Å²) in [6.07, 6.45) is 3.02. The van der Waals surface area contributed by atoms with Crippen LogP contribution in [0.4, 0.5) is 8.78 Å². The lowest BCUT2D eigenvalue weighted by Gasteiger charge is -1.96. The van der Waals surface area contributed by atoms with Gasteiger partial charge in [-0.2, -0.15) is 5.10 Å². The fourth-order valence-corrected chi connectivity index (χ4v) is 2.09. The number of H-pyrrole nitrogens is 1. The van der Waals surface area contributed by atoms with E-state index in [0.29, 0.717) is 22.5 Å². The first kappa shape index (κ1) is 14.8. The molecular formula is C18H12F2N2O. The summed E-state index contributed by atoms with van der Waals surface area (Å²) in [7, 11) is 0. The van der Waals surface area contributed by atoms with E-state index in [1.807, 2.05) is 6.07 Å². The van der Waals surface area contributed by atoms with Crippen molar-refractivity contribution >= 4 is 11.9 Å². The summed E-state index contributed by atoms with van der Waals surface area (Å²) in [5.41, 5.74) is 2.10. The zero-order valence-corrected chi connectivity index (χ0v) is 12.0. The molecule has 1 aromatic heterocycles. The zero-order chi connectivity index (χ0) is 16.2. The van der Waals surface area contributed by atoms with Crippen LogP contribution in [0.1, 0.15) is 16.1 Å². The Labute approximate surface area is 131 Å². The van der Waals surface area contributed by atoms with E-state index in [4.69, 9.17) is 0 Å². The molecule has 2 aromatic carbocycles. The fourth-order valence-electron chi connectivity index (χ4n) is 2.09. The summed E-state index contributed by atoms with van der Waals surface area (Å²) >= 11 is 0. The van der Waals surface area contributed by atoms with Gasteiger partial charge in [0.25, 0.3) is 0 Å². The molecule has 23 heavy (non-hydrogen) atoms. The van der Waals surface area contributed by atoms with Gasteiger partial charge < -0.3 is 0 Å². The van der Waals surface area contributed by atoms with Gasteiger partial charge in [0.15, 0.2) is 17.4 Å². The van der Waals surface area contributed by atoms with Crippen LogP contribution in [0.3, 0.4) is 0 Å². The van der Waals surface area contributed by atoms with Crippen molar-refractivity contribution in [1.82, 2.24) is 10.2 Å². The highest BCUT2D eigenvalue weighted by atomic mass is 19.2. The molecule has 3 rings (SSSR count). The van der Waals surface area contributed by atoms with Crippen molar-refractivity contribution in [1.29, 1.82) is 0 Å². The smallest absolute Gasteiger partial charge is 0.185 e. The molecule has 1 heterocycles. The summed E-state index contributed by atoms with van der Waals surface area (Å²) < 4.78 is 26.2. The minimum atomic E-state index is -0.929. The number of halogens is 2. The molecule has 114 valence electrons. The SMILES string of the molecule is O=C(/C=C/c1cc(-c2ccc(F)c(F)c2)n[nH]1)c1ccccc1. The maximum atomic E-state index is 13.2. The van der Waals surface area contributed by atoms with Crippen molar-refractivity contribution in [2.75, 3.05) is 0 Å². The predicted octanol–water partition coefficient (Wildman–Crippen LogP) is 4.25. The molecule has 3 nitrogen and oxygen atoms in total. The molecule has 0 amide bonds. The highest BCUT2D eigenvalue weighted by molar-refractivity contribution is 6.06. The first-order valence-electron chi connectivity index (χ1n) is 6.92. The second-order valence-electron chi connectivity index (χ2n) is 4.90.